The normalized spacial score (nSPS) is 18.7. The second-order valence-electron chi connectivity index (χ2n) is 5.91. The van der Waals surface area contributed by atoms with Gasteiger partial charge in [-0.15, -0.1) is 0 Å². The number of nitrogens with two attached hydrogens (primary N) is 1. The van der Waals surface area contributed by atoms with E-state index in [1.807, 2.05) is 0 Å². The van der Waals surface area contributed by atoms with Crippen LogP contribution < -0.4 is 10.5 Å². The molecule has 1 atom stereocenters. The average molecular weight is 294 g/mol. The Hall–Kier alpha value is -1.13. The molecule has 118 valence electrons. The van der Waals surface area contributed by atoms with Crippen molar-refractivity contribution in [2.75, 3.05) is 33.3 Å². The molecule has 1 aromatic rings. The van der Waals surface area contributed by atoms with Gasteiger partial charge in [-0.25, -0.2) is 4.39 Å². The number of hydrogen-bond acceptors (Lipinski definition) is 3. The molecular formula is C17H27FN2O. The van der Waals surface area contributed by atoms with Crippen LogP contribution >= 0.6 is 0 Å². The van der Waals surface area contributed by atoms with Crippen molar-refractivity contribution in [2.45, 2.75) is 32.1 Å². The maximum atomic E-state index is 13.6. The molecule has 1 aromatic carbocycles. The first-order valence-corrected chi connectivity index (χ1v) is 7.95. The lowest BCUT2D eigenvalue weighted by Gasteiger charge is -2.36. The number of hydrogen-bond donors (Lipinski definition) is 1. The van der Waals surface area contributed by atoms with Crippen molar-refractivity contribution >= 4 is 0 Å². The van der Waals surface area contributed by atoms with E-state index in [1.165, 1.54) is 19.0 Å². The van der Waals surface area contributed by atoms with Gasteiger partial charge >= 0.3 is 0 Å². The summed E-state index contributed by atoms with van der Waals surface area (Å²) < 4.78 is 19.0. The van der Waals surface area contributed by atoms with Gasteiger partial charge in [-0.2, -0.15) is 0 Å². The van der Waals surface area contributed by atoms with E-state index in [2.05, 4.69) is 11.8 Å². The second-order valence-corrected chi connectivity index (χ2v) is 5.91. The molecule has 0 saturated carbocycles. The number of methoxy groups -OCH3 is 1. The summed E-state index contributed by atoms with van der Waals surface area (Å²) in [4.78, 5) is 2.51. The Balaban J connectivity index is 2.12. The van der Waals surface area contributed by atoms with Gasteiger partial charge in [0.1, 0.15) is 11.6 Å². The molecule has 1 aliphatic heterocycles. The first-order chi connectivity index (χ1) is 10.2. The standard InChI is InChI=1S/C17H27FN2O/c1-3-8-20-9-6-13(7-10-20)16(12-19)15-11-14(18)4-5-17(15)21-2/h4-5,11,13,16H,3,6-10,12,19H2,1-2H3. The van der Waals surface area contributed by atoms with Gasteiger partial charge in [0.2, 0.25) is 0 Å². The number of halogens is 1. The van der Waals surface area contributed by atoms with Gasteiger partial charge in [0, 0.05) is 11.5 Å². The zero-order valence-electron chi connectivity index (χ0n) is 13.1. The molecule has 0 spiro atoms. The van der Waals surface area contributed by atoms with Gasteiger partial charge in [0.25, 0.3) is 0 Å². The van der Waals surface area contributed by atoms with Crippen LogP contribution in [0.1, 0.15) is 37.7 Å². The van der Waals surface area contributed by atoms with Gasteiger partial charge in [-0.3, -0.25) is 0 Å². The highest BCUT2D eigenvalue weighted by molar-refractivity contribution is 5.37. The van der Waals surface area contributed by atoms with E-state index in [1.54, 1.807) is 19.2 Å². The molecule has 1 fully saturated rings. The van der Waals surface area contributed by atoms with Gasteiger partial charge in [0.05, 0.1) is 7.11 Å². The summed E-state index contributed by atoms with van der Waals surface area (Å²) in [6.45, 7) is 6.16. The lowest BCUT2D eigenvalue weighted by Crippen LogP contribution is -2.37. The molecule has 1 saturated heterocycles. The predicted octanol–water partition coefficient (Wildman–Crippen LogP) is 3.00. The fraction of sp³-hybridized carbons (Fsp3) is 0.647. The minimum atomic E-state index is -0.215. The number of rotatable bonds is 6. The van der Waals surface area contributed by atoms with E-state index >= 15 is 0 Å². The van der Waals surface area contributed by atoms with Gasteiger partial charge in [0.15, 0.2) is 0 Å². The van der Waals surface area contributed by atoms with E-state index in [9.17, 15) is 4.39 Å². The molecule has 1 unspecified atom stereocenters. The van der Waals surface area contributed by atoms with Crippen molar-refractivity contribution in [3.05, 3.63) is 29.6 Å². The molecule has 1 aliphatic rings. The number of benzene rings is 1. The van der Waals surface area contributed by atoms with Crippen LogP contribution in [0.15, 0.2) is 18.2 Å². The number of likely N-dealkylation sites (tertiary alicyclic amines) is 1. The minimum Gasteiger partial charge on any atom is -0.496 e. The van der Waals surface area contributed by atoms with Crippen LogP contribution in [0, 0.1) is 11.7 Å². The van der Waals surface area contributed by atoms with Crippen LogP contribution in [0.25, 0.3) is 0 Å². The SMILES string of the molecule is CCCN1CCC(C(CN)c2cc(F)ccc2OC)CC1. The molecule has 0 amide bonds. The van der Waals surface area contributed by atoms with E-state index in [4.69, 9.17) is 10.5 Å². The lowest BCUT2D eigenvalue weighted by molar-refractivity contribution is 0.168. The third-order valence-electron chi connectivity index (χ3n) is 4.59. The van der Waals surface area contributed by atoms with Crippen molar-refractivity contribution in [3.8, 4) is 5.75 Å². The van der Waals surface area contributed by atoms with Crippen molar-refractivity contribution in [1.82, 2.24) is 4.90 Å². The first kappa shape index (κ1) is 16.2. The summed E-state index contributed by atoms with van der Waals surface area (Å²) in [5.41, 5.74) is 6.94. The predicted molar refractivity (Wildman–Crippen MR) is 84.2 cm³/mol. The van der Waals surface area contributed by atoms with Gasteiger partial charge < -0.3 is 15.4 Å². The molecule has 0 radical (unpaired) electrons. The maximum absolute atomic E-state index is 13.6. The maximum Gasteiger partial charge on any atom is 0.123 e. The largest absolute Gasteiger partial charge is 0.496 e. The summed E-state index contributed by atoms with van der Waals surface area (Å²) in [6.07, 6.45) is 3.45. The fourth-order valence-corrected chi connectivity index (χ4v) is 3.46. The van der Waals surface area contributed by atoms with E-state index in [0.717, 1.165) is 37.2 Å². The van der Waals surface area contributed by atoms with Crippen LogP contribution in [0.2, 0.25) is 0 Å². The third-order valence-corrected chi connectivity index (χ3v) is 4.59. The van der Waals surface area contributed by atoms with Crippen molar-refractivity contribution in [2.24, 2.45) is 11.7 Å². The Morgan fingerprint density at radius 3 is 2.67 bits per heavy atom. The van der Waals surface area contributed by atoms with Crippen molar-refractivity contribution < 1.29 is 9.13 Å². The summed E-state index contributed by atoms with van der Waals surface area (Å²) in [5.74, 6) is 1.23. The molecule has 4 heteroatoms. The quantitative estimate of drug-likeness (QED) is 0.876. The summed E-state index contributed by atoms with van der Waals surface area (Å²) in [5, 5.41) is 0. The Morgan fingerprint density at radius 2 is 2.10 bits per heavy atom. The third kappa shape index (κ3) is 3.95. The number of ether oxygens (including phenoxy) is 1. The monoisotopic (exact) mass is 294 g/mol. The van der Waals surface area contributed by atoms with Gasteiger partial charge in [-0.1, -0.05) is 6.92 Å². The molecule has 3 nitrogen and oxygen atoms in total. The number of nitrogens with zero attached hydrogens (tertiary/aromatic N) is 1. The summed E-state index contributed by atoms with van der Waals surface area (Å²) in [6, 6.07) is 4.74. The highest BCUT2D eigenvalue weighted by atomic mass is 19.1. The number of piperidine rings is 1. The molecule has 21 heavy (non-hydrogen) atoms. The first-order valence-electron chi connectivity index (χ1n) is 7.95. The zero-order valence-corrected chi connectivity index (χ0v) is 13.1. The molecule has 1 heterocycles. The Kier molecular flexibility index (Phi) is 6.00. The highest BCUT2D eigenvalue weighted by Gasteiger charge is 2.28. The Bertz CT molecular complexity index is 444. The second kappa shape index (κ2) is 7.76. The Labute approximate surface area is 127 Å². The van der Waals surface area contributed by atoms with Crippen molar-refractivity contribution in [3.63, 3.8) is 0 Å². The molecular weight excluding hydrogens is 267 g/mol. The smallest absolute Gasteiger partial charge is 0.123 e. The van der Waals surface area contributed by atoms with Crippen LogP contribution in [-0.4, -0.2) is 38.2 Å². The van der Waals surface area contributed by atoms with Crippen LogP contribution in [0.3, 0.4) is 0 Å². The fourth-order valence-electron chi connectivity index (χ4n) is 3.46. The van der Waals surface area contributed by atoms with Crippen LogP contribution in [0.5, 0.6) is 5.75 Å². The van der Waals surface area contributed by atoms with E-state index in [-0.39, 0.29) is 11.7 Å². The Morgan fingerprint density at radius 1 is 1.38 bits per heavy atom. The highest BCUT2D eigenvalue weighted by Crippen LogP contribution is 2.36. The van der Waals surface area contributed by atoms with Crippen LogP contribution in [0.4, 0.5) is 4.39 Å². The van der Waals surface area contributed by atoms with E-state index < -0.39 is 0 Å². The van der Waals surface area contributed by atoms with Crippen molar-refractivity contribution in [1.29, 1.82) is 0 Å². The molecule has 0 bridgehead atoms. The van der Waals surface area contributed by atoms with Crippen LogP contribution in [-0.2, 0) is 0 Å². The van der Waals surface area contributed by atoms with Gasteiger partial charge in [-0.05, 0) is 69.6 Å². The van der Waals surface area contributed by atoms with E-state index in [0.29, 0.717) is 12.5 Å². The average Bonchev–Trinajstić information content (AvgIpc) is 2.50. The summed E-state index contributed by atoms with van der Waals surface area (Å²) in [7, 11) is 1.63. The molecule has 2 N–H and O–H groups in total. The molecule has 2 rings (SSSR count). The topological polar surface area (TPSA) is 38.5 Å². The molecule has 0 aliphatic carbocycles. The summed E-state index contributed by atoms with van der Waals surface area (Å²) >= 11 is 0. The minimum absolute atomic E-state index is 0.180. The lowest BCUT2D eigenvalue weighted by atomic mass is 9.79. The molecule has 0 aromatic heterocycles. The zero-order chi connectivity index (χ0) is 15.2.